The average Bonchev–Trinajstić information content (AvgIpc) is 2.59. The highest BCUT2D eigenvalue weighted by Crippen LogP contribution is 2.13. The molecule has 3 rings (SSSR count). The molecule has 2 heterocycles. The Morgan fingerprint density at radius 3 is 2.93 bits per heavy atom. The normalized spacial score (nSPS) is 11.3. The van der Waals surface area contributed by atoms with E-state index in [1.165, 1.54) is 0 Å². The number of aryl methyl sites for hydroxylation is 1. The monoisotopic (exact) mass is 198 g/mol. The van der Waals surface area contributed by atoms with Gasteiger partial charge in [0.25, 0.3) is 5.56 Å². The van der Waals surface area contributed by atoms with Gasteiger partial charge in [0.1, 0.15) is 5.65 Å². The van der Waals surface area contributed by atoms with Crippen molar-refractivity contribution in [3.8, 4) is 0 Å². The minimum Gasteiger partial charge on any atom is -0.308 e. The molecular formula is C12H10N2O. The lowest BCUT2D eigenvalue weighted by molar-refractivity contribution is 1.16. The number of hydrogen-bond acceptors (Lipinski definition) is 1. The molecule has 0 bridgehead atoms. The van der Waals surface area contributed by atoms with E-state index >= 15 is 0 Å². The van der Waals surface area contributed by atoms with Gasteiger partial charge in [-0.05, 0) is 30.7 Å². The summed E-state index contributed by atoms with van der Waals surface area (Å²) in [5, 5.41) is 0.723. The zero-order valence-electron chi connectivity index (χ0n) is 8.32. The molecule has 0 amide bonds. The largest absolute Gasteiger partial charge is 0.308 e. The molecule has 0 unspecified atom stereocenters. The van der Waals surface area contributed by atoms with Gasteiger partial charge in [-0.15, -0.1) is 0 Å². The van der Waals surface area contributed by atoms with Gasteiger partial charge in [-0.25, -0.2) is 0 Å². The molecule has 3 heteroatoms. The summed E-state index contributed by atoms with van der Waals surface area (Å²) in [7, 11) is 0. The van der Waals surface area contributed by atoms with Crippen LogP contribution in [-0.4, -0.2) is 9.38 Å². The van der Waals surface area contributed by atoms with Crippen LogP contribution in [0.2, 0.25) is 0 Å². The van der Waals surface area contributed by atoms with Crippen molar-refractivity contribution in [1.29, 1.82) is 0 Å². The quantitative estimate of drug-likeness (QED) is 0.590. The number of nitrogens with one attached hydrogen (secondary N) is 1. The molecule has 15 heavy (non-hydrogen) atoms. The van der Waals surface area contributed by atoms with E-state index in [1.54, 1.807) is 0 Å². The maximum absolute atomic E-state index is 11.7. The van der Waals surface area contributed by atoms with Crippen LogP contribution in [0.5, 0.6) is 0 Å². The maximum Gasteiger partial charge on any atom is 0.258 e. The van der Waals surface area contributed by atoms with Crippen molar-refractivity contribution in [2.75, 3.05) is 0 Å². The van der Waals surface area contributed by atoms with Crippen LogP contribution in [0.1, 0.15) is 5.56 Å². The average molecular weight is 198 g/mol. The first kappa shape index (κ1) is 8.29. The second-order valence-electron chi connectivity index (χ2n) is 3.74. The van der Waals surface area contributed by atoms with E-state index in [2.05, 4.69) is 4.98 Å². The molecule has 74 valence electrons. The molecule has 0 radical (unpaired) electrons. The molecule has 0 spiro atoms. The third-order valence-corrected chi connectivity index (χ3v) is 2.61. The first-order chi connectivity index (χ1) is 7.25. The molecular weight excluding hydrogens is 188 g/mol. The van der Waals surface area contributed by atoms with Crippen molar-refractivity contribution in [3.63, 3.8) is 0 Å². The standard InChI is InChI=1S/C12H10N2O/c1-8-6-11-13-12(15)9-4-2-3-5-10(9)14(11)7-8/h2-7H,1H3,(H,13,15). The fourth-order valence-electron chi connectivity index (χ4n) is 1.95. The van der Waals surface area contributed by atoms with Gasteiger partial charge in [-0.3, -0.25) is 4.79 Å². The Kier molecular flexibility index (Phi) is 1.51. The topological polar surface area (TPSA) is 37.3 Å². The van der Waals surface area contributed by atoms with Gasteiger partial charge < -0.3 is 9.38 Å². The third kappa shape index (κ3) is 1.09. The number of benzene rings is 1. The zero-order valence-corrected chi connectivity index (χ0v) is 8.32. The second kappa shape index (κ2) is 2.73. The zero-order chi connectivity index (χ0) is 10.4. The number of para-hydroxylation sites is 1. The molecule has 0 atom stereocenters. The van der Waals surface area contributed by atoms with Crippen molar-refractivity contribution in [1.82, 2.24) is 9.38 Å². The number of H-pyrrole nitrogens is 1. The van der Waals surface area contributed by atoms with Crippen LogP contribution >= 0.6 is 0 Å². The number of fused-ring (bicyclic) bond motifs is 3. The van der Waals surface area contributed by atoms with Gasteiger partial charge >= 0.3 is 0 Å². The van der Waals surface area contributed by atoms with Crippen molar-refractivity contribution in [3.05, 3.63) is 52.4 Å². The summed E-state index contributed by atoms with van der Waals surface area (Å²) in [6.07, 6.45) is 2.02. The number of rotatable bonds is 0. The molecule has 0 fully saturated rings. The number of nitrogens with zero attached hydrogens (tertiary/aromatic N) is 1. The Morgan fingerprint density at radius 1 is 1.27 bits per heavy atom. The summed E-state index contributed by atoms with van der Waals surface area (Å²) in [6.45, 7) is 2.01. The molecule has 0 aliphatic rings. The lowest BCUT2D eigenvalue weighted by atomic mass is 10.2. The Labute approximate surface area is 86.0 Å². The van der Waals surface area contributed by atoms with Crippen molar-refractivity contribution < 1.29 is 0 Å². The number of hydrogen-bond donors (Lipinski definition) is 1. The van der Waals surface area contributed by atoms with Crippen LogP contribution < -0.4 is 5.56 Å². The Hall–Kier alpha value is -2.03. The molecule has 1 N–H and O–H groups in total. The van der Waals surface area contributed by atoms with Crippen LogP contribution in [0, 0.1) is 6.92 Å². The summed E-state index contributed by atoms with van der Waals surface area (Å²) in [5.74, 6) is 0. The van der Waals surface area contributed by atoms with Crippen LogP contribution in [0.15, 0.2) is 41.3 Å². The molecule has 0 aliphatic carbocycles. The summed E-state index contributed by atoms with van der Waals surface area (Å²) in [4.78, 5) is 14.6. The van der Waals surface area contributed by atoms with Crippen LogP contribution in [0.3, 0.4) is 0 Å². The molecule has 1 aromatic carbocycles. The predicted octanol–water partition coefficient (Wildman–Crippen LogP) is 2.09. The smallest absolute Gasteiger partial charge is 0.258 e. The highest BCUT2D eigenvalue weighted by Gasteiger charge is 2.03. The van der Waals surface area contributed by atoms with E-state index in [4.69, 9.17) is 0 Å². The Balaban J connectivity index is 2.69. The minimum atomic E-state index is -0.0313. The summed E-state index contributed by atoms with van der Waals surface area (Å²) >= 11 is 0. The van der Waals surface area contributed by atoms with E-state index < -0.39 is 0 Å². The Morgan fingerprint density at radius 2 is 2.07 bits per heavy atom. The maximum atomic E-state index is 11.7. The van der Waals surface area contributed by atoms with Crippen molar-refractivity contribution in [2.24, 2.45) is 0 Å². The van der Waals surface area contributed by atoms with Gasteiger partial charge in [-0.2, -0.15) is 0 Å². The van der Waals surface area contributed by atoms with Crippen LogP contribution in [0.25, 0.3) is 16.6 Å². The second-order valence-corrected chi connectivity index (χ2v) is 3.74. The third-order valence-electron chi connectivity index (χ3n) is 2.61. The summed E-state index contributed by atoms with van der Waals surface area (Å²) < 4.78 is 2.01. The predicted molar refractivity (Wildman–Crippen MR) is 60.3 cm³/mol. The van der Waals surface area contributed by atoms with Gasteiger partial charge in [-0.1, -0.05) is 12.1 Å². The summed E-state index contributed by atoms with van der Waals surface area (Å²) in [6, 6.07) is 9.57. The first-order valence-electron chi connectivity index (χ1n) is 4.85. The van der Waals surface area contributed by atoms with E-state index in [0.717, 1.165) is 22.1 Å². The van der Waals surface area contributed by atoms with Crippen molar-refractivity contribution in [2.45, 2.75) is 6.92 Å². The van der Waals surface area contributed by atoms with E-state index in [-0.39, 0.29) is 5.56 Å². The van der Waals surface area contributed by atoms with E-state index in [9.17, 15) is 4.79 Å². The highest BCUT2D eigenvalue weighted by molar-refractivity contribution is 5.80. The highest BCUT2D eigenvalue weighted by atomic mass is 16.1. The molecule has 0 saturated heterocycles. The lowest BCUT2D eigenvalue weighted by Crippen LogP contribution is -2.08. The Bertz CT molecular complexity index is 706. The minimum absolute atomic E-state index is 0.0313. The fraction of sp³-hybridized carbons (Fsp3) is 0.0833. The number of aromatic amines is 1. The van der Waals surface area contributed by atoms with E-state index in [0.29, 0.717) is 0 Å². The lowest BCUT2D eigenvalue weighted by Gasteiger charge is -2.00. The fourth-order valence-corrected chi connectivity index (χ4v) is 1.95. The van der Waals surface area contributed by atoms with Gasteiger partial charge in [0, 0.05) is 6.20 Å². The van der Waals surface area contributed by atoms with Gasteiger partial charge in [0.15, 0.2) is 0 Å². The molecule has 0 aliphatic heterocycles. The van der Waals surface area contributed by atoms with E-state index in [1.807, 2.05) is 47.9 Å². The molecule has 3 aromatic rings. The molecule has 2 aromatic heterocycles. The van der Waals surface area contributed by atoms with Crippen LogP contribution in [-0.2, 0) is 0 Å². The molecule has 3 nitrogen and oxygen atoms in total. The summed E-state index contributed by atoms with van der Waals surface area (Å²) in [5.41, 5.74) is 2.90. The number of aromatic nitrogens is 2. The molecule has 0 saturated carbocycles. The van der Waals surface area contributed by atoms with Crippen molar-refractivity contribution >= 4 is 16.6 Å². The van der Waals surface area contributed by atoms with Crippen LogP contribution in [0.4, 0.5) is 0 Å². The van der Waals surface area contributed by atoms with Gasteiger partial charge in [0.05, 0.1) is 10.9 Å². The SMILES string of the molecule is Cc1cc2[nH]c(=O)c3ccccc3n2c1. The van der Waals surface area contributed by atoms with Gasteiger partial charge in [0.2, 0.25) is 0 Å². The first-order valence-corrected chi connectivity index (χ1v) is 4.85.